The molecule has 1 aromatic carbocycles. The van der Waals surface area contributed by atoms with Crippen LogP contribution in [-0.4, -0.2) is 40.4 Å². The molecule has 0 spiro atoms. The van der Waals surface area contributed by atoms with Crippen LogP contribution in [0.25, 0.3) is 11.4 Å². The Morgan fingerprint density at radius 3 is 2.91 bits per heavy atom. The first-order valence-electron chi connectivity index (χ1n) is 7.05. The van der Waals surface area contributed by atoms with E-state index in [-0.39, 0.29) is 5.82 Å². The molecule has 0 radical (unpaired) electrons. The molecule has 114 valence electrons. The molecule has 0 saturated heterocycles. The molecule has 8 nitrogen and oxygen atoms in total. The predicted octanol–water partition coefficient (Wildman–Crippen LogP) is 1.31. The molecule has 3 aromatic rings. The van der Waals surface area contributed by atoms with E-state index < -0.39 is 0 Å². The predicted molar refractivity (Wildman–Crippen MR) is 75.0 cm³/mol. The van der Waals surface area contributed by atoms with Crippen molar-refractivity contribution in [1.29, 1.82) is 0 Å². The number of hydrogen-bond donors (Lipinski definition) is 0. The van der Waals surface area contributed by atoms with Gasteiger partial charge in [-0.3, -0.25) is 0 Å². The van der Waals surface area contributed by atoms with Crippen molar-refractivity contribution < 1.29 is 4.39 Å². The van der Waals surface area contributed by atoms with Gasteiger partial charge in [0, 0.05) is 12.1 Å². The molecule has 0 fully saturated rings. The molecule has 9 heteroatoms. The van der Waals surface area contributed by atoms with Gasteiger partial charge in [0.05, 0.1) is 0 Å². The van der Waals surface area contributed by atoms with Gasteiger partial charge in [0.25, 0.3) is 0 Å². The van der Waals surface area contributed by atoms with Crippen molar-refractivity contribution in [3.8, 4) is 11.4 Å². The minimum atomic E-state index is -0.336. The lowest BCUT2D eigenvalue weighted by Crippen LogP contribution is -2.12. The summed E-state index contributed by atoms with van der Waals surface area (Å²) in [5.74, 6) is 0.695. The minimum Gasteiger partial charge on any atom is -0.228 e. The van der Waals surface area contributed by atoms with E-state index in [2.05, 4.69) is 37.9 Å². The van der Waals surface area contributed by atoms with Gasteiger partial charge in [0.15, 0.2) is 5.82 Å². The van der Waals surface area contributed by atoms with Gasteiger partial charge in [0.2, 0.25) is 5.82 Å². The number of aryl methyl sites for hydroxylation is 1. The summed E-state index contributed by atoms with van der Waals surface area (Å²) < 4.78 is 15.0. The average Bonchev–Trinajstić information content (AvgIpc) is 3.15. The monoisotopic (exact) mass is 302 g/mol. The second kappa shape index (κ2) is 6.37. The number of aromatic nitrogens is 8. The van der Waals surface area contributed by atoms with Crippen LogP contribution >= 0.6 is 0 Å². The van der Waals surface area contributed by atoms with Crippen molar-refractivity contribution in [3.05, 3.63) is 35.9 Å². The summed E-state index contributed by atoms with van der Waals surface area (Å²) in [7, 11) is 0. The maximum atomic E-state index is 13.2. The average molecular weight is 302 g/mol. The van der Waals surface area contributed by atoms with Crippen LogP contribution in [0.2, 0.25) is 0 Å². The Morgan fingerprint density at radius 2 is 2.09 bits per heavy atom. The summed E-state index contributed by atoms with van der Waals surface area (Å²) in [6, 6.07) is 6.08. The van der Waals surface area contributed by atoms with Crippen LogP contribution in [0.5, 0.6) is 0 Å². The maximum Gasteiger partial charge on any atom is 0.205 e. The Labute approximate surface area is 126 Å². The van der Waals surface area contributed by atoms with Gasteiger partial charge in [-0.25, -0.2) is 9.07 Å². The van der Waals surface area contributed by atoms with Crippen LogP contribution in [0.3, 0.4) is 0 Å². The second-order valence-electron chi connectivity index (χ2n) is 4.83. The Morgan fingerprint density at radius 1 is 1.18 bits per heavy atom. The SMILES string of the molecule is CCCCn1nnnc1Cn1nnc(-c2cccc(F)c2)n1. The number of halogens is 1. The Balaban J connectivity index is 1.76. The fourth-order valence-electron chi connectivity index (χ4n) is 2.00. The molecular weight excluding hydrogens is 287 g/mol. The zero-order valence-corrected chi connectivity index (χ0v) is 12.1. The van der Waals surface area contributed by atoms with Crippen molar-refractivity contribution in [2.24, 2.45) is 0 Å². The lowest BCUT2D eigenvalue weighted by molar-refractivity contribution is 0.490. The maximum absolute atomic E-state index is 13.2. The molecule has 0 bridgehead atoms. The first-order chi connectivity index (χ1) is 10.8. The van der Waals surface area contributed by atoms with Crippen molar-refractivity contribution >= 4 is 0 Å². The van der Waals surface area contributed by atoms with Crippen molar-refractivity contribution in [3.63, 3.8) is 0 Å². The lowest BCUT2D eigenvalue weighted by atomic mass is 10.2. The summed E-state index contributed by atoms with van der Waals surface area (Å²) >= 11 is 0. The van der Waals surface area contributed by atoms with Crippen molar-refractivity contribution in [1.82, 2.24) is 40.4 Å². The third-order valence-electron chi connectivity index (χ3n) is 3.15. The third kappa shape index (κ3) is 3.13. The third-order valence-corrected chi connectivity index (χ3v) is 3.15. The molecule has 2 heterocycles. The molecule has 0 amide bonds. The van der Waals surface area contributed by atoms with Crippen LogP contribution in [-0.2, 0) is 13.1 Å². The number of nitrogens with zero attached hydrogens (tertiary/aromatic N) is 8. The van der Waals surface area contributed by atoms with Gasteiger partial charge in [-0.2, -0.15) is 4.80 Å². The van der Waals surface area contributed by atoms with Gasteiger partial charge in [-0.05, 0) is 34.2 Å². The molecule has 3 rings (SSSR count). The van der Waals surface area contributed by atoms with Crippen LogP contribution in [0.1, 0.15) is 25.6 Å². The van der Waals surface area contributed by atoms with E-state index in [0.29, 0.717) is 23.8 Å². The smallest absolute Gasteiger partial charge is 0.205 e. The van der Waals surface area contributed by atoms with Crippen molar-refractivity contribution in [2.45, 2.75) is 32.9 Å². The Bertz CT molecular complexity index is 750. The highest BCUT2D eigenvalue weighted by Gasteiger charge is 2.11. The van der Waals surface area contributed by atoms with E-state index in [4.69, 9.17) is 0 Å². The van der Waals surface area contributed by atoms with Gasteiger partial charge >= 0.3 is 0 Å². The first-order valence-corrected chi connectivity index (χ1v) is 7.05. The fraction of sp³-hybridized carbons (Fsp3) is 0.385. The number of hydrogen-bond acceptors (Lipinski definition) is 6. The topological polar surface area (TPSA) is 87.2 Å². The van der Waals surface area contributed by atoms with Crippen LogP contribution in [0.15, 0.2) is 24.3 Å². The van der Waals surface area contributed by atoms with Crippen molar-refractivity contribution in [2.75, 3.05) is 0 Å². The quantitative estimate of drug-likeness (QED) is 0.682. The second-order valence-corrected chi connectivity index (χ2v) is 4.83. The molecule has 2 aromatic heterocycles. The molecule has 0 unspecified atom stereocenters. The normalized spacial score (nSPS) is 11.0. The van der Waals surface area contributed by atoms with Gasteiger partial charge in [-0.15, -0.1) is 15.3 Å². The largest absolute Gasteiger partial charge is 0.228 e. The molecule has 0 atom stereocenters. The number of unbranched alkanes of at least 4 members (excludes halogenated alkanes) is 1. The highest BCUT2D eigenvalue weighted by atomic mass is 19.1. The minimum absolute atomic E-state index is 0.318. The molecule has 0 aliphatic heterocycles. The Kier molecular flexibility index (Phi) is 4.12. The van der Waals surface area contributed by atoms with E-state index >= 15 is 0 Å². The van der Waals surface area contributed by atoms with E-state index in [9.17, 15) is 4.39 Å². The zero-order valence-electron chi connectivity index (χ0n) is 12.1. The van der Waals surface area contributed by atoms with Crippen LogP contribution in [0.4, 0.5) is 4.39 Å². The number of benzene rings is 1. The standard InChI is InChI=1S/C13H15FN8/c1-2-3-7-21-12(15-18-20-21)9-22-17-13(16-19-22)10-5-4-6-11(14)8-10/h4-6,8H,2-3,7,9H2,1H3. The number of rotatable bonds is 6. The summed E-state index contributed by atoms with van der Waals surface area (Å²) in [5.41, 5.74) is 0.580. The summed E-state index contributed by atoms with van der Waals surface area (Å²) in [4.78, 5) is 1.40. The lowest BCUT2D eigenvalue weighted by Gasteiger charge is -2.02. The van der Waals surface area contributed by atoms with E-state index in [1.807, 2.05) is 0 Å². The van der Waals surface area contributed by atoms with E-state index in [0.717, 1.165) is 19.4 Å². The highest BCUT2D eigenvalue weighted by Crippen LogP contribution is 2.14. The zero-order chi connectivity index (χ0) is 15.4. The van der Waals surface area contributed by atoms with E-state index in [1.165, 1.54) is 16.9 Å². The molecule has 0 aliphatic rings. The number of tetrazole rings is 2. The molecule has 22 heavy (non-hydrogen) atoms. The summed E-state index contributed by atoms with van der Waals surface area (Å²) in [5, 5.41) is 23.7. The summed E-state index contributed by atoms with van der Waals surface area (Å²) in [6.45, 7) is 3.18. The Hall–Kier alpha value is -2.71. The highest BCUT2D eigenvalue weighted by molar-refractivity contribution is 5.53. The first kappa shape index (κ1) is 14.2. The molecule has 0 N–H and O–H groups in total. The van der Waals surface area contributed by atoms with Crippen LogP contribution < -0.4 is 0 Å². The van der Waals surface area contributed by atoms with Gasteiger partial charge in [-0.1, -0.05) is 25.5 Å². The van der Waals surface area contributed by atoms with Gasteiger partial charge in [0.1, 0.15) is 12.4 Å². The van der Waals surface area contributed by atoms with Crippen LogP contribution in [0, 0.1) is 5.82 Å². The van der Waals surface area contributed by atoms with E-state index in [1.54, 1.807) is 16.8 Å². The molecular formula is C13H15FN8. The summed E-state index contributed by atoms with van der Waals surface area (Å²) in [6.07, 6.45) is 2.06. The molecule has 0 aliphatic carbocycles. The van der Waals surface area contributed by atoms with Gasteiger partial charge < -0.3 is 0 Å². The molecule has 0 saturated carbocycles. The fourth-order valence-corrected chi connectivity index (χ4v) is 2.00.